The van der Waals surface area contributed by atoms with E-state index in [9.17, 15) is 23.1 Å². The third-order valence-electron chi connectivity index (χ3n) is 5.56. The Hall–Kier alpha value is -4.55. The number of carboxylic acid groups (broad SMARTS) is 1. The van der Waals surface area contributed by atoms with Gasteiger partial charge >= 0.3 is 12.0 Å². The zero-order chi connectivity index (χ0) is 27.1. The van der Waals surface area contributed by atoms with Crippen LogP contribution in [-0.2, 0) is 34.8 Å². The van der Waals surface area contributed by atoms with Crippen molar-refractivity contribution in [3.8, 4) is 11.1 Å². The highest BCUT2D eigenvalue weighted by molar-refractivity contribution is 7.89. The van der Waals surface area contributed by atoms with E-state index in [-0.39, 0.29) is 17.5 Å². The number of carboxylic acids is 1. The van der Waals surface area contributed by atoms with Crippen LogP contribution in [0.3, 0.4) is 0 Å². The van der Waals surface area contributed by atoms with Gasteiger partial charge in [0.15, 0.2) is 5.03 Å². The highest BCUT2D eigenvalue weighted by Gasteiger charge is 2.27. The number of nitrogens with one attached hydrogen (secondary N) is 3. The number of aliphatic carboxylic acids is 1. The number of hydrogen-bond acceptors (Lipinski definition) is 6. The van der Waals surface area contributed by atoms with Crippen molar-refractivity contribution in [1.82, 2.24) is 24.6 Å². The van der Waals surface area contributed by atoms with Gasteiger partial charge in [0.2, 0.25) is 0 Å². The van der Waals surface area contributed by atoms with Gasteiger partial charge in [-0.1, -0.05) is 42.5 Å². The van der Waals surface area contributed by atoms with Crippen LogP contribution in [-0.4, -0.2) is 46.1 Å². The smallest absolute Gasteiger partial charge is 0.322 e. The summed E-state index contributed by atoms with van der Waals surface area (Å²) in [4.78, 5) is 32.0. The lowest BCUT2D eigenvalue weighted by Crippen LogP contribution is -2.42. The van der Waals surface area contributed by atoms with Crippen molar-refractivity contribution in [3.63, 3.8) is 0 Å². The first-order valence-corrected chi connectivity index (χ1v) is 13.1. The molecule has 0 fully saturated rings. The lowest BCUT2D eigenvalue weighted by molar-refractivity contribution is -0.138. The van der Waals surface area contributed by atoms with Crippen molar-refractivity contribution >= 4 is 27.7 Å². The van der Waals surface area contributed by atoms with Crippen molar-refractivity contribution in [2.24, 2.45) is 7.05 Å². The predicted octanol–water partition coefficient (Wildman–Crippen LogP) is 2.78. The molecule has 11 nitrogen and oxygen atoms in total. The maximum absolute atomic E-state index is 12.5. The third-order valence-corrected chi connectivity index (χ3v) is 6.91. The average molecular weight is 535 g/mol. The molecular weight excluding hydrogens is 508 g/mol. The summed E-state index contributed by atoms with van der Waals surface area (Å²) in [6, 6.07) is 18.1. The summed E-state index contributed by atoms with van der Waals surface area (Å²) in [6.45, 7) is 0.295. The number of urea groups is 1. The van der Waals surface area contributed by atoms with Crippen LogP contribution in [0.15, 0.2) is 90.5 Å². The Morgan fingerprint density at radius 2 is 1.79 bits per heavy atom. The summed E-state index contributed by atoms with van der Waals surface area (Å²) in [5, 5.41) is 14.9. The topological polar surface area (TPSA) is 155 Å². The van der Waals surface area contributed by atoms with Gasteiger partial charge in [-0.2, -0.15) is 4.72 Å². The molecule has 0 aliphatic rings. The molecule has 0 saturated carbocycles. The Morgan fingerprint density at radius 3 is 2.45 bits per heavy atom. The van der Waals surface area contributed by atoms with Crippen LogP contribution in [0, 0.1) is 0 Å². The Labute approximate surface area is 219 Å². The molecule has 4 N–H and O–H groups in total. The number of benzene rings is 2. The number of pyridine rings is 1. The largest absolute Gasteiger partial charge is 0.480 e. The molecular formula is C26H26N6O5S. The van der Waals surface area contributed by atoms with Gasteiger partial charge in [-0.05, 0) is 47.4 Å². The number of rotatable bonds is 10. The minimum Gasteiger partial charge on any atom is -0.480 e. The molecule has 4 rings (SSSR count). The van der Waals surface area contributed by atoms with Gasteiger partial charge in [-0.15, -0.1) is 0 Å². The fraction of sp³-hybridized carbons (Fsp3) is 0.154. The molecule has 0 unspecified atom stereocenters. The fourth-order valence-electron chi connectivity index (χ4n) is 3.65. The van der Waals surface area contributed by atoms with E-state index in [0.717, 1.165) is 16.8 Å². The van der Waals surface area contributed by atoms with E-state index in [1.165, 1.54) is 17.1 Å². The Balaban J connectivity index is 1.39. The van der Waals surface area contributed by atoms with Crippen LogP contribution in [0.4, 0.5) is 10.5 Å². The van der Waals surface area contributed by atoms with Gasteiger partial charge in [-0.3, -0.25) is 9.78 Å². The van der Waals surface area contributed by atoms with E-state index in [0.29, 0.717) is 17.8 Å². The van der Waals surface area contributed by atoms with Crippen molar-refractivity contribution in [3.05, 3.63) is 96.7 Å². The van der Waals surface area contributed by atoms with Crippen molar-refractivity contribution in [1.29, 1.82) is 0 Å². The zero-order valence-electron chi connectivity index (χ0n) is 20.4. The number of anilines is 1. The number of carbonyl (C=O) groups is 2. The first-order chi connectivity index (χ1) is 18.2. The molecule has 0 spiro atoms. The standard InChI is InChI=1S/C26H26N6O5S/c1-32-16-24(29-17-32)38(36,37)31-23(25(33)34)13-18-8-10-19(11-9-18)20-5-4-7-21(14-20)30-26(35)28-15-22-6-2-3-12-27-22/h2-12,14,16-17,23,31H,13,15H2,1H3,(H,33,34)(H2,28,30,35)/t23-/m0/s1. The number of hydrogen-bond donors (Lipinski definition) is 4. The number of aryl methyl sites for hydroxylation is 1. The molecule has 12 heteroatoms. The number of imidazole rings is 1. The number of sulfonamides is 1. The van der Waals surface area contributed by atoms with E-state index < -0.39 is 22.0 Å². The fourth-order valence-corrected chi connectivity index (χ4v) is 4.82. The quantitative estimate of drug-likeness (QED) is 0.244. The highest BCUT2D eigenvalue weighted by Crippen LogP contribution is 2.23. The molecule has 1 atom stereocenters. The molecule has 0 saturated heterocycles. The van der Waals surface area contributed by atoms with Gasteiger partial charge in [0.1, 0.15) is 6.04 Å². The second-order valence-corrected chi connectivity index (χ2v) is 10.2. The Bertz CT molecular complexity index is 1520. The van der Waals surface area contributed by atoms with Crippen LogP contribution in [0.1, 0.15) is 11.3 Å². The zero-order valence-corrected chi connectivity index (χ0v) is 21.2. The number of amides is 2. The van der Waals surface area contributed by atoms with Crippen LogP contribution in [0.5, 0.6) is 0 Å². The second-order valence-electron chi connectivity index (χ2n) is 8.50. The molecule has 38 heavy (non-hydrogen) atoms. The summed E-state index contributed by atoms with van der Waals surface area (Å²) >= 11 is 0. The normalized spacial score (nSPS) is 12.0. The van der Waals surface area contributed by atoms with Crippen LogP contribution >= 0.6 is 0 Å². The van der Waals surface area contributed by atoms with E-state index >= 15 is 0 Å². The molecule has 4 aromatic rings. The van der Waals surface area contributed by atoms with Gasteiger partial charge in [-0.25, -0.2) is 18.2 Å². The van der Waals surface area contributed by atoms with E-state index in [1.807, 2.05) is 42.5 Å². The molecule has 2 aromatic carbocycles. The Morgan fingerprint density at radius 1 is 1.00 bits per heavy atom. The molecule has 0 radical (unpaired) electrons. The number of carbonyl (C=O) groups excluding carboxylic acids is 1. The first-order valence-electron chi connectivity index (χ1n) is 11.6. The summed E-state index contributed by atoms with van der Waals surface area (Å²) < 4.78 is 28.7. The molecule has 0 bridgehead atoms. The highest BCUT2D eigenvalue weighted by atomic mass is 32.2. The minimum absolute atomic E-state index is 0.0558. The maximum atomic E-state index is 12.5. The van der Waals surface area contributed by atoms with Crippen LogP contribution in [0.2, 0.25) is 0 Å². The van der Waals surface area contributed by atoms with E-state index in [4.69, 9.17) is 0 Å². The minimum atomic E-state index is -4.10. The predicted molar refractivity (Wildman–Crippen MR) is 141 cm³/mol. The number of aromatic nitrogens is 3. The van der Waals surface area contributed by atoms with Crippen LogP contribution < -0.4 is 15.4 Å². The monoisotopic (exact) mass is 534 g/mol. The van der Waals surface area contributed by atoms with Crippen molar-refractivity contribution < 1.29 is 23.1 Å². The van der Waals surface area contributed by atoms with Crippen molar-refractivity contribution in [2.75, 3.05) is 5.32 Å². The van der Waals surface area contributed by atoms with Gasteiger partial charge in [0.25, 0.3) is 10.0 Å². The summed E-state index contributed by atoms with van der Waals surface area (Å²) in [5.74, 6) is -1.30. The van der Waals surface area contributed by atoms with E-state index in [1.54, 1.807) is 37.5 Å². The second kappa shape index (κ2) is 11.7. The average Bonchev–Trinajstić information content (AvgIpc) is 3.35. The van der Waals surface area contributed by atoms with Crippen LogP contribution in [0.25, 0.3) is 11.1 Å². The van der Waals surface area contributed by atoms with E-state index in [2.05, 4.69) is 25.3 Å². The first kappa shape index (κ1) is 26.5. The lowest BCUT2D eigenvalue weighted by atomic mass is 10.0. The molecule has 2 heterocycles. The lowest BCUT2D eigenvalue weighted by Gasteiger charge is -2.14. The Kier molecular flexibility index (Phi) is 8.14. The SMILES string of the molecule is Cn1cnc(S(=O)(=O)N[C@@H](Cc2ccc(-c3cccc(NC(=O)NCc4ccccn4)c3)cc2)C(=O)O)c1. The molecule has 2 aromatic heterocycles. The molecule has 0 aliphatic carbocycles. The van der Waals surface area contributed by atoms with Gasteiger partial charge < -0.3 is 20.3 Å². The third kappa shape index (κ3) is 7.02. The van der Waals surface area contributed by atoms with Gasteiger partial charge in [0, 0.05) is 25.1 Å². The molecule has 196 valence electrons. The van der Waals surface area contributed by atoms with Crippen molar-refractivity contribution in [2.45, 2.75) is 24.0 Å². The molecule has 2 amide bonds. The number of nitrogens with zero attached hydrogens (tertiary/aromatic N) is 3. The maximum Gasteiger partial charge on any atom is 0.322 e. The summed E-state index contributed by atoms with van der Waals surface area (Å²) in [5.41, 5.74) is 3.65. The molecule has 0 aliphatic heterocycles. The summed E-state index contributed by atoms with van der Waals surface area (Å²) in [7, 11) is -2.48. The summed E-state index contributed by atoms with van der Waals surface area (Å²) in [6.07, 6.45) is 4.22. The van der Waals surface area contributed by atoms with Gasteiger partial charge in [0.05, 0.1) is 18.6 Å².